The molecule has 0 bridgehead atoms. The summed E-state index contributed by atoms with van der Waals surface area (Å²) in [5, 5.41) is 4.28. The van der Waals surface area contributed by atoms with Crippen molar-refractivity contribution >= 4 is 11.6 Å². The number of halogens is 1. The van der Waals surface area contributed by atoms with Crippen molar-refractivity contribution in [3.8, 4) is 0 Å². The Balaban J connectivity index is 2.20. The van der Waals surface area contributed by atoms with Crippen LogP contribution in [-0.2, 0) is 11.3 Å². The van der Waals surface area contributed by atoms with Crippen molar-refractivity contribution in [3.63, 3.8) is 0 Å². The Morgan fingerprint density at radius 1 is 1.40 bits per heavy atom. The minimum atomic E-state index is 0.487. The molecule has 114 valence electrons. The predicted molar refractivity (Wildman–Crippen MR) is 86.4 cm³/mol. The lowest BCUT2D eigenvalue weighted by Crippen LogP contribution is -2.38. The molecule has 0 heterocycles. The zero-order valence-corrected chi connectivity index (χ0v) is 13.6. The van der Waals surface area contributed by atoms with E-state index in [0.717, 1.165) is 44.3 Å². The van der Waals surface area contributed by atoms with Crippen molar-refractivity contribution in [2.75, 3.05) is 33.4 Å². The summed E-state index contributed by atoms with van der Waals surface area (Å²) in [6, 6.07) is 8.54. The van der Waals surface area contributed by atoms with Gasteiger partial charge in [0.15, 0.2) is 0 Å². The molecule has 0 saturated carbocycles. The summed E-state index contributed by atoms with van der Waals surface area (Å²) in [7, 11) is 2.15. The van der Waals surface area contributed by atoms with Gasteiger partial charge in [-0.05, 0) is 51.6 Å². The molecule has 0 aliphatic carbocycles. The van der Waals surface area contributed by atoms with Gasteiger partial charge in [-0.3, -0.25) is 4.90 Å². The van der Waals surface area contributed by atoms with E-state index in [1.807, 2.05) is 25.1 Å². The lowest BCUT2D eigenvalue weighted by atomic mass is 10.2. The van der Waals surface area contributed by atoms with Crippen LogP contribution in [-0.4, -0.2) is 44.3 Å². The lowest BCUT2D eigenvalue weighted by molar-refractivity contribution is 0.144. The number of hydrogen-bond acceptors (Lipinski definition) is 3. The van der Waals surface area contributed by atoms with Gasteiger partial charge in [0.05, 0.1) is 0 Å². The second-order valence-corrected chi connectivity index (χ2v) is 5.59. The molecule has 3 nitrogen and oxygen atoms in total. The Morgan fingerprint density at radius 2 is 2.20 bits per heavy atom. The number of rotatable bonds is 10. The number of likely N-dealkylation sites (N-methyl/N-ethyl adjacent to an activating group) is 1. The molecule has 0 aliphatic rings. The van der Waals surface area contributed by atoms with Crippen LogP contribution < -0.4 is 5.32 Å². The number of ether oxygens (including phenoxy) is 1. The Morgan fingerprint density at radius 3 is 2.90 bits per heavy atom. The van der Waals surface area contributed by atoms with E-state index in [0.29, 0.717) is 6.04 Å². The van der Waals surface area contributed by atoms with E-state index in [2.05, 4.69) is 30.3 Å². The third kappa shape index (κ3) is 7.25. The zero-order valence-electron chi connectivity index (χ0n) is 12.9. The number of hydrogen-bond donors (Lipinski definition) is 1. The van der Waals surface area contributed by atoms with Crippen molar-refractivity contribution in [2.24, 2.45) is 0 Å². The minimum Gasteiger partial charge on any atom is -0.382 e. The van der Waals surface area contributed by atoms with Gasteiger partial charge in [-0.15, -0.1) is 0 Å². The Kier molecular flexibility index (Phi) is 8.86. The van der Waals surface area contributed by atoms with Crippen LogP contribution in [0.25, 0.3) is 0 Å². The molecule has 1 aromatic carbocycles. The summed E-state index contributed by atoms with van der Waals surface area (Å²) in [5.74, 6) is 0. The summed E-state index contributed by atoms with van der Waals surface area (Å²) in [5.41, 5.74) is 1.25. The van der Waals surface area contributed by atoms with Gasteiger partial charge in [0.25, 0.3) is 0 Å². The van der Waals surface area contributed by atoms with E-state index in [1.165, 1.54) is 5.56 Å². The average Bonchev–Trinajstić information content (AvgIpc) is 2.42. The largest absolute Gasteiger partial charge is 0.382 e. The molecule has 0 radical (unpaired) electrons. The smallest absolute Gasteiger partial charge is 0.0477 e. The molecule has 1 atom stereocenters. The SMILES string of the molecule is CCOCCCNCC(C)N(C)Cc1cccc(Cl)c1. The Hall–Kier alpha value is -0.610. The van der Waals surface area contributed by atoms with E-state index >= 15 is 0 Å². The van der Waals surface area contributed by atoms with Gasteiger partial charge in [0.1, 0.15) is 0 Å². The first-order valence-electron chi connectivity index (χ1n) is 7.36. The van der Waals surface area contributed by atoms with Gasteiger partial charge < -0.3 is 10.1 Å². The van der Waals surface area contributed by atoms with Gasteiger partial charge >= 0.3 is 0 Å². The summed E-state index contributed by atoms with van der Waals surface area (Å²) in [6.45, 7) is 8.83. The fourth-order valence-corrected chi connectivity index (χ4v) is 2.20. The first kappa shape index (κ1) is 17.4. The van der Waals surface area contributed by atoms with E-state index in [1.54, 1.807) is 0 Å². The highest BCUT2D eigenvalue weighted by atomic mass is 35.5. The molecule has 0 aliphatic heterocycles. The Labute approximate surface area is 128 Å². The first-order valence-corrected chi connectivity index (χ1v) is 7.74. The molecule has 1 unspecified atom stereocenters. The van der Waals surface area contributed by atoms with E-state index in [-0.39, 0.29) is 0 Å². The first-order chi connectivity index (χ1) is 9.63. The fourth-order valence-electron chi connectivity index (χ4n) is 1.99. The van der Waals surface area contributed by atoms with Gasteiger partial charge in [-0.2, -0.15) is 0 Å². The van der Waals surface area contributed by atoms with Gasteiger partial charge in [-0.1, -0.05) is 23.7 Å². The fraction of sp³-hybridized carbons (Fsp3) is 0.625. The van der Waals surface area contributed by atoms with Crippen molar-refractivity contribution in [1.82, 2.24) is 10.2 Å². The van der Waals surface area contributed by atoms with Gasteiger partial charge in [0.2, 0.25) is 0 Å². The molecule has 0 fully saturated rings. The molecule has 1 aromatic rings. The summed E-state index contributed by atoms with van der Waals surface area (Å²) >= 11 is 6.01. The van der Waals surface area contributed by atoms with Crippen LogP contribution in [0.5, 0.6) is 0 Å². The number of benzene rings is 1. The number of nitrogens with one attached hydrogen (secondary N) is 1. The molecular formula is C16H27ClN2O. The zero-order chi connectivity index (χ0) is 14.8. The maximum absolute atomic E-state index is 6.01. The van der Waals surface area contributed by atoms with Gasteiger partial charge in [-0.25, -0.2) is 0 Å². The molecular weight excluding hydrogens is 272 g/mol. The molecule has 0 amide bonds. The molecule has 1 rings (SSSR count). The maximum Gasteiger partial charge on any atom is 0.0477 e. The average molecular weight is 299 g/mol. The maximum atomic E-state index is 6.01. The van der Waals surface area contributed by atoms with Crippen molar-refractivity contribution < 1.29 is 4.74 Å². The molecule has 1 N–H and O–H groups in total. The van der Waals surface area contributed by atoms with Crippen molar-refractivity contribution in [3.05, 3.63) is 34.9 Å². The van der Waals surface area contributed by atoms with Crippen LogP contribution in [0.15, 0.2) is 24.3 Å². The van der Waals surface area contributed by atoms with Crippen LogP contribution in [0.1, 0.15) is 25.8 Å². The van der Waals surface area contributed by atoms with Gasteiger partial charge in [0, 0.05) is 37.4 Å². The molecule has 0 saturated heterocycles. The molecule has 0 spiro atoms. The molecule has 0 aromatic heterocycles. The topological polar surface area (TPSA) is 24.5 Å². The highest BCUT2D eigenvalue weighted by Crippen LogP contribution is 2.13. The number of nitrogens with zero attached hydrogens (tertiary/aromatic N) is 1. The molecule has 20 heavy (non-hydrogen) atoms. The second-order valence-electron chi connectivity index (χ2n) is 5.15. The second kappa shape index (κ2) is 10.2. The minimum absolute atomic E-state index is 0.487. The standard InChI is InChI=1S/C16H27ClN2O/c1-4-20-10-6-9-18-12-14(2)19(3)13-15-7-5-8-16(17)11-15/h5,7-8,11,14,18H,4,6,9-10,12-13H2,1-3H3. The summed E-state index contributed by atoms with van der Waals surface area (Å²) in [6.07, 6.45) is 1.07. The third-order valence-electron chi connectivity index (χ3n) is 3.36. The van der Waals surface area contributed by atoms with E-state index < -0.39 is 0 Å². The van der Waals surface area contributed by atoms with Crippen LogP contribution in [0.3, 0.4) is 0 Å². The van der Waals surface area contributed by atoms with Crippen LogP contribution in [0.2, 0.25) is 5.02 Å². The van der Waals surface area contributed by atoms with Crippen LogP contribution >= 0.6 is 11.6 Å². The monoisotopic (exact) mass is 298 g/mol. The quantitative estimate of drug-likeness (QED) is 0.672. The molecule has 4 heteroatoms. The predicted octanol–water partition coefficient (Wildman–Crippen LogP) is 3.18. The Bertz CT molecular complexity index is 373. The lowest BCUT2D eigenvalue weighted by Gasteiger charge is -2.25. The van der Waals surface area contributed by atoms with E-state index in [4.69, 9.17) is 16.3 Å². The van der Waals surface area contributed by atoms with Crippen molar-refractivity contribution in [2.45, 2.75) is 32.9 Å². The third-order valence-corrected chi connectivity index (χ3v) is 3.59. The normalized spacial score (nSPS) is 12.8. The van der Waals surface area contributed by atoms with E-state index in [9.17, 15) is 0 Å². The highest BCUT2D eigenvalue weighted by molar-refractivity contribution is 6.30. The summed E-state index contributed by atoms with van der Waals surface area (Å²) < 4.78 is 5.32. The van der Waals surface area contributed by atoms with Crippen molar-refractivity contribution in [1.29, 1.82) is 0 Å². The van der Waals surface area contributed by atoms with Crippen LogP contribution in [0, 0.1) is 0 Å². The summed E-state index contributed by atoms with van der Waals surface area (Å²) in [4.78, 5) is 2.33. The highest BCUT2D eigenvalue weighted by Gasteiger charge is 2.09. The van der Waals surface area contributed by atoms with Crippen LogP contribution in [0.4, 0.5) is 0 Å².